The largest absolute Gasteiger partial charge is 0.342 e. The van der Waals surface area contributed by atoms with Gasteiger partial charge in [0.05, 0.1) is 5.25 Å². The molecular formula is C18H26N4O4S2. The van der Waals surface area contributed by atoms with Crippen LogP contribution in [-0.2, 0) is 21.2 Å². The summed E-state index contributed by atoms with van der Waals surface area (Å²) in [5.74, 6) is 1.17. The number of sulfonamides is 1. The van der Waals surface area contributed by atoms with Crippen LogP contribution in [0.3, 0.4) is 0 Å². The highest BCUT2D eigenvalue weighted by Crippen LogP contribution is 2.20. The summed E-state index contributed by atoms with van der Waals surface area (Å²) in [7, 11) is -3.28. The number of carbonyl (C=O) groups is 1. The summed E-state index contributed by atoms with van der Waals surface area (Å²) in [6.07, 6.45) is 2.49. The highest BCUT2D eigenvalue weighted by Gasteiger charge is 2.26. The van der Waals surface area contributed by atoms with E-state index < -0.39 is 15.3 Å². The van der Waals surface area contributed by atoms with E-state index in [2.05, 4.69) is 14.9 Å². The molecule has 154 valence electrons. The van der Waals surface area contributed by atoms with Crippen molar-refractivity contribution in [3.8, 4) is 11.4 Å². The van der Waals surface area contributed by atoms with Gasteiger partial charge >= 0.3 is 0 Å². The fourth-order valence-corrected chi connectivity index (χ4v) is 4.53. The highest BCUT2D eigenvalue weighted by atomic mass is 32.2. The normalized spacial score (nSPS) is 18.0. The third-order valence-electron chi connectivity index (χ3n) is 4.87. The maximum atomic E-state index is 12.6. The van der Waals surface area contributed by atoms with Crippen molar-refractivity contribution in [2.45, 2.75) is 44.8 Å². The molecule has 1 aliphatic rings. The second kappa shape index (κ2) is 9.15. The lowest BCUT2D eigenvalue weighted by molar-refractivity contribution is -0.133. The molecule has 1 N–H and O–H groups in total. The van der Waals surface area contributed by atoms with Gasteiger partial charge in [-0.2, -0.15) is 16.3 Å². The Hall–Kier alpha value is -1.78. The lowest BCUT2D eigenvalue weighted by Crippen LogP contribution is -2.44. The topological polar surface area (TPSA) is 105 Å². The van der Waals surface area contributed by atoms with Crippen LogP contribution in [0, 0.1) is 5.92 Å². The van der Waals surface area contributed by atoms with Gasteiger partial charge in [-0.15, -0.1) is 0 Å². The molecule has 1 fully saturated rings. The third-order valence-corrected chi connectivity index (χ3v) is 7.36. The monoisotopic (exact) mass is 426 g/mol. The average Bonchev–Trinajstić information content (AvgIpc) is 3.36. The second-order valence-electron chi connectivity index (χ2n) is 7.31. The first-order valence-corrected chi connectivity index (χ1v) is 12.0. The van der Waals surface area contributed by atoms with E-state index in [0.29, 0.717) is 44.2 Å². The third kappa shape index (κ3) is 5.39. The predicted molar refractivity (Wildman–Crippen MR) is 107 cm³/mol. The van der Waals surface area contributed by atoms with Crippen molar-refractivity contribution in [2.24, 2.45) is 5.92 Å². The van der Waals surface area contributed by atoms with Gasteiger partial charge in [-0.1, -0.05) is 5.16 Å². The minimum absolute atomic E-state index is 0.0340. The van der Waals surface area contributed by atoms with Crippen LogP contribution >= 0.6 is 11.3 Å². The van der Waals surface area contributed by atoms with Gasteiger partial charge < -0.3 is 9.42 Å². The Kier molecular flexibility index (Phi) is 6.84. The molecule has 1 aliphatic heterocycles. The van der Waals surface area contributed by atoms with Crippen LogP contribution in [0.15, 0.2) is 21.3 Å². The van der Waals surface area contributed by atoms with Crippen LogP contribution in [0.25, 0.3) is 11.4 Å². The number of rotatable bonds is 8. The van der Waals surface area contributed by atoms with Crippen molar-refractivity contribution in [2.75, 3.05) is 19.6 Å². The number of piperidine rings is 1. The lowest BCUT2D eigenvalue weighted by Gasteiger charge is -2.33. The number of aryl methyl sites for hydroxylation is 1. The zero-order chi connectivity index (χ0) is 20.1. The van der Waals surface area contributed by atoms with Gasteiger partial charge in [-0.05, 0) is 44.1 Å². The van der Waals surface area contributed by atoms with Crippen LogP contribution in [0.1, 0.15) is 39.0 Å². The summed E-state index contributed by atoms with van der Waals surface area (Å²) in [6.45, 7) is 4.96. The number of nitrogens with zero attached hydrogens (tertiary/aromatic N) is 3. The molecular weight excluding hydrogens is 400 g/mol. The van der Waals surface area contributed by atoms with Crippen molar-refractivity contribution in [1.29, 1.82) is 0 Å². The molecule has 0 radical (unpaired) electrons. The quantitative estimate of drug-likeness (QED) is 0.694. The van der Waals surface area contributed by atoms with Crippen LogP contribution in [0.2, 0.25) is 0 Å². The second-order valence-corrected chi connectivity index (χ2v) is 10.4. The Balaban J connectivity index is 1.48. The van der Waals surface area contributed by atoms with E-state index in [1.165, 1.54) is 0 Å². The van der Waals surface area contributed by atoms with Crippen molar-refractivity contribution >= 4 is 27.3 Å². The zero-order valence-corrected chi connectivity index (χ0v) is 17.8. The summed E-state index contributed by atoms with van der Waals surface area (Å²) in [5.41, 5.74) is 0.911. The molecule has 3 rings (SSSR count). The molecule has 3 heterocycles. The molecule has 2 aromatic rings. The molecule has 28 heavy (non-hydrogen) atoms. The predicted octanol–water partition coefficient (Wildman–Crippen LogP) is 2.30. The van der Waals surface area contributed by atoms with E-state index in [0.717, 1.165) is 18.4 Å². The lowest BCUT2D eigenvalue weighted by atomic mass is 9.98. The summed E-state index contributed by atoms with van der Waals surface area (Å²) in [4.78, 5) is 18.7. The van der Waals surface area contributed by atoms with E-state index in [1.54, 1.807) is 25.2 Å². The molecule has 0 bridgehead atoms. The Morgan fingerprint density at radius 2 is 2.29 bits per heavy atom. The number of nitrogens with one attached hydrogen (secondary N) is 1. The Morgan fingerprint density at radius 1 is 1.46 bits per heavy atom. The van der Waals surface area contributed by atoms with Crippen LogP contribution in [0.5, 0.6) is 0 Å². The SMILES string of the molecule is CC(C)S(=O)(=O)NC[C@@H]1CCCN(C(=O)CCc2nc(-c3ccsc3)no2)C1. The van der Waals surface area contributed by atoms with Gasteiger partial charge in [-0.3, -0.25) is 4.79 Å². The smallest absolute Gasteiger partial charge is 0.227 e. The Morgan fingerprint density at radius 3 is 3.00 bits per heavy atom. The molecule has 0 spiro atoms. The molecule has 1 amide bonds. The Labute approximate surface area is 169 Å². The van der Waals surface area contributed by atoms with E-state index in [9.17, 15) is 13.2 Å². The molecule has 8 nitrogen and oxygen atoms in total. The van der Waals surface area contributed by atoms with Crippen LogP contribution in [-0.4, -0.2) is 54.2 Å². The van der Waals surface area contributed by atoms with Crippen molar-refractivity contribution in [3.63, 3.8) is 0 Å². The summed E-state index contributed by atoms with van der Waals surface area (Å²) in [6, 6.07) is 1.92. The van der Waals surface area contributed by atoms with E-state index >= 15 is 0 Å². The maximum absolute atomic E-state index is 12.6. The first-order chi connectivity index (χ1) is 13.3. The number of amides is 1. The van der Waals surface area contributed by atoms with Gasteiger partial charge in [0.1, 0.15) is 0 Å². The molecule has 1 saturated heterocycles. The van der Waals surface area contributed by atoms with Gasteiger partial charge in [0.15, 0.2) is 0 Å². The first kappa shape index (κ1) is 20.9. The van der Waals surface area contributed by atoms with Gasteiger partial charge in [-0.25, -0.2) is 13.1 Å². The molecule has 1 atom stereocenters. The summed E-state index contributed by atoms with van der Waals surface area (Å²) >= 11 is 1.56. The number of thiophene rings is 1. The fraction of sp³-hybridized carbons (Fsp3) is 0.611. The number of carbonyl (C=O) groups excluding carboxylic acids is 1. The Bertz CT molecular complexity index is 877. The molecule has 10 heteroatoms. The summed E-state index contributed by atoms with van der Waals surface area (Å²) < 4.78 is 31.7. The fourth-order valence-electron chi connectivity index (χ4n) is 3.10. The van der Waals surface area contributed by atoms with Crippen molar-refractivity contribution < 1.29 is 17.7 Å². The first-order valence-electron chi connectivity index (χ1n) is 9.46. The molecule has 2 aromatic heterocycles. The molecule has 0 unspecified atom stereocenters. The highest BCUT2D eigenvalue weighted by molar-refractivity contribution is 7.90. The standard InChI is InChI=1S/C18H26N4O4S2/c1-13(2)28(24,25)19-10-14-4-3-8-22(11-14)17(23)6-5-16-20-18(21-26-16)15-7-9-27-12-15/h7,9,12-14,19H,3-6,8,10-11H2,1-2H3/t14-/m0/s1. The minimum Gasteiger partial charge on any atom is -0.342 e. The number of hydrogen-bond donors (Lipinski definition) is 1. The van der Waals surface area contributed by atoms with Gasteiger partial charge in [0, 0.05) is 43.4 Å². The van der Waals surface area contributed by atoms with E-state index in [-0.39, 0.29) is 11.8 Å². The number of likely N-dealkylation sites (tertiary alicyclic amines) is 1. The van der Waals surface area contributed by atoms with E-state index in [1.807, 2.05) is 21.7 Å². The van der Waals surface area contributed by atoms with Gasteiger partial charge in [0.25, 0.3) is 0 Å². The van der Waals surface area contributed by atoms with Crippen molar-refractivity contribution in [1.82, 2.24) is 19.8 Å². The minimum atomic E-state index is -3.28. The van der Waals surface area contributed by atoms with Gasteiger partial charge in [0.2, 0.25) is 27.6 Å². The summed E-state index contributed by atoms with van der Waals surface area (Å²) in [5, 5.41) is 7.39. The molecule has 0 aliphatic carbocycles. The van der Waals surface area contributed by atoms with Crippen LogP contribution < -0.4 is 4.72 Å². The van der Waals surface area contributed by atoms with E-state index in [4.69, 9.17) is 4.52 Å². The molecule has 0 aromatic carbocycles. The molecule has 0 saturated carbocycles. The average molecular weight is 427 g/mol. The van der Waals surface area contributed by atoms with Crippen LogP contribution in [0.4, 0.5) is 0 Å². The number of aromatic nitrogens is 2. The van der Waals surface area contributed by atoms with Crippen molar-refractivity contribution in [3.05, 3.63) is 22.7 Å². The number of hydrogen-bond acceptors (Lipinski definition) is 7. The maximum Gasteiger partial charge on any atom is 0.227 e. The zero-order valence-electron chi connectivity index (χ0n) is 16.1.